The summed E-state index contributed by atoms with van der Waals surface area (Å²) in [5.74, 6) is -1.01. The topological polar surface area (TPSA) is 40.5 Å². The van der Waals surface area contributed by atoms with Gasteiger partial charge in [-0.3, -0.25) is 0 Å². The number of aliphatic carboxylic acids is 1. The number of carbonyl (C=O) groups is 1. The molecule has 0 fully saturated rings. The Bertz CT molecular complexity index is 1300. The normalized spacial score (nSPS) is 11.1. The molecule has 0 atom stereocenters. The lowest BCUT2D eigenvalue weighted by Crippen LogP contribution is -2.07. The molecule has 4 aromatic rings. The number of para-hydroxylation sites is 1. The number of nitrogens with zero attached hydrogens (tertiary/aromatic N) is 1. The van der Waals surface area contributed by atoms with Gasteiger partial charge in [0.15, 0.2) is 0 Å². The number of benzene rings is 4. The van der Waals surface area contributed by atoms with Crippen LogP contribution in [-0.2, 0) is 4.79 Å². The molecule has 4 rings (SSSR count). The molecule has 166 valence electrons. The number of rotatable bonds is 8. The molecule has 4 aromatic carbocycles. The fourth-order valence-corrected chi connectivity index (χ4v) is 3.49. The van der Waals surface area contributed by atoms with Crippen molar-refractivity contribution in [2.45, 2.75) is 0 Å². The molecule has 0 unspecified atom stereocenters. The van der Waals surface area contributed by atoms with Gasteiger partial charge in [0.1, 0.15) is 0 Å². The molecule has 0 aliphatic carbocycles. The molecule has 0 amide bonds. The van der Waals surface area contributed by atoms with E-state index in [1.54, 1.807) is 12.1 Å². The third-order valence-corrected chi connectivity index (χ3v) is 5.41. The monoisotopic (exact) mass is 443 g/mol. The zero-order valence-corrected chi connectivity index (χ0v) is 18.7. The van der Waals surface area contributed by atoms with Gasteiger partial charge in [-0.25, -0.2) is 4.79 Å². The van der Waals surface area contributed by atoms with Crippen molar-refractivity contribution in [1.29, 1.82) is 0 Å². The van der Waals surface area contributed by atoms with Crippen LogP contribution in [-0.4, -0.2) is 11.1 Å². The lowest BCUT2D eigenvalue weighted by atomic mass is 10.0. The Kier molecular flexibility index (Phi) is 7.16. The van der Waals surface area contributed by atoms with E-state index < -0.39 is 5.97 Å². The fraction of sp³-hybridized carbons (Fsp3) is 0. The highest BCUT2D eigenvalue weighted by Gasteiger charge is 2.07. The first-order chi connectivity index (χ1) is 16.6. The van der Waals surface area contributed by atoms with E-state index in [1.807, 2.05) is 60.7 Å². The molecular weight excluding hydrogens is 418 g/mol. The Morgan fingerprint density at radius 2 is 1.09 bits per heavy atom. The summed E-state index contributed by atoms with van der Waals surface area (Å²) in [4.78, 5) is 13.2. The summed E-state index contributed by atoms with van der Waals surface area (Å²) in [6.45, 7) is 3.60. The van der Waals surface area contributed by atoms with E-state index >= 15 is 0 Å². The number of hydrogen-bond acceptors (Lipinski definition) is 2. The summed E-state index contributed by atoms with van der Waals surface area (Å²) in [5, 5.41) is 9.06. The van der Waals surface area contributed by atoms with E-state index in [4.69, 9.17) is 5.11 Å². The lowest BCUT2D eigenvalue weighted by molar-refractivity contribution is -0.130. The van der Waals surface area contributed by atoms with Gasteiger partial charge in [-0.05, 0) is 52.6 Å². The van der Waals surface area contributed by atoms with Crippen LogP contribution in [0.3, 0.4) is 0 Å². The maximum atomic E-state index is 11.1. The predicted octanol–water partition coefficient (Wildman–Crippen LogP) is 7.76. The number of hydrogen-bond donors (Lipinski definition) is 1. The van der Waals surface area contributed by atoms with E-state index in [1.165, 1.54) is 0 Å². The Balaban J connectivity index is 1.52. The molecule has 0 bridgehead atoms. The summed E-state index contributed by atoms with van der Waals surface area (Å²) in [7, 11) is 0. The summed E-state index contributed by atoms with van der Waals surface area (Å²) >= 11 is 0. The van der Waals surface area contributed by atoms with Crippen LogP contribution in [0, 0.1) is 0 Å². The minimum Gasteiger partial charge on any atom is -0.478 e. The van der Waals surface area contributed by atoms with E-state index in [9.17, 15) is 4.79 Å². The van der Waals surface area contributed by atoms with Crippen LogP contribution in [0.2, 0.25) is 0 Å². The SMILES string of the molecule is C=C(C(=O)O)c1ccc(C=Cc2ccc(N(/C=C/c3ccccc3)c3ccccc3)cc2)cc1. The zero-order chi connectivity index (χ0) is 23.8. The minimum atomic E-state index is -1.01. The van der Waals surface area contributed by atoms with Gasteiger partial charge in [-0.2, -0.15) is 0 Å². The van der Waals surface area contributed by atoms with Gasteiger partial charge in [0.25, 0.3) is 0 Å². The van der Waals surface area contributed by atoms with Crippen molar-refractivity contribution in [3.8, 4) is 0 Å². The van der Waals surface area contributed by atoms with E-state index in [0.717, 1.165) is 28.1 Å². The average molecular weight is 444 g/mol. The van der Waals surface area contributed by atoms with Crippen molar-refractivity contribution in [3.05, 3.63) is 144 Å². The molecule has 0 spiro atoms. The Morgan fingerprint density at radius 1 is 0.618 bits per heavy atom. The smallest absolute Gasteiger partial charge is 0.335 e. The zero-order valence-electron chi connectivity index (χ0n) is 18.7. The number of anilines is 2. The average Bonchev–Trinajstić information content (AvgIpc) is 2.89. The predicted molar refractivity (Wildman–Crippen MR) is 143 cm³/mol. The highest BCUT2D eigenvalue weighted by atomic mass is 16.4. The highest BCUT2D eigenvalue weighted by Crippen LogP contribution is 2.27. The van der Waals surface area contributed by atoms with Gasteiger partial charge in [-0.1, -0.05) is 104 Å². The molecule has 3 heteroatoms. The summed E-state index contributed by atoms with van der Waals surface area (Å²) in [5.41, 5.74) is 6.05. The molecule has 0 heterocycles. The van der Waals surface area contributed by atoms with Crippen molar-refractivity contribution in [2.24, 2.45) is 0 Å². The minimum absolute atomic E-state index is 0.0930. The molecule has 0 radical (unpaired) electrons. The molecule has 0 saturated carbocycles. The van der Waals surface area contributed by atoms with Gasteiger partial charge >= 0.3 is 5.97 Å². The first kappa shape index (κ1) is 22.6. The van der Waals surface area contributed by atoms with E-state index in [2.05, 4.69) is 72.3 Å². The number of carboxylic acids is 1. The third-order valence-electron chi connectivity index (χ3n) is 5.41. The van der Waals surface area contributed by atoms with Crippen LogP contribution in [0.15, 0.2) is 122 Å². The summed E-state index contributed by atoms with van der Waals surface area (Å²) < 4.78 is 0. The van der Waals surface area contributed by atoms with Crippen LogP contribution in [0.4, 0.5) is 11.4 Å². The van der Waals surface area contributed by atoms with E-state index in [-0.39, 0.29) is 5.57 Å². The second-order valence-electron chi connectivity index (χ2n) is 7.76. The summed E-state index contributed by atoms with van der Waals surface area (Å²) in [6.07, 6.45) is 8.23. The van der Waals surface area contributed by atoms with E-state index in [0.29, 0.717) is 5.56 Å². The van der Waals surface area contributed by atoms with Gasteiger partial charge in [0, 0.05) is 17.6 Å². The quantitative estimate of drug-likeness (QED) is 0.223. The molecule has 0 saturated heterocycles. The highest BCUT2D eigenvalue weighted by molar-refractivity contribution is 6.14. The lowest BCUT2D eigenvalue weighted by Gasteiger charge is -2.21. The largest absolute Gasteiger partial charge is 0.478 e. The fourth-order valence-electron chi connectivity index (χ4n) is 3.49. The van der Waals surface area contributed by atoms with Gasteiger partial charge < -0.3 is 10.0 Å². The second kappa shape index (κ2) is 10.8. The maximum absolute atomic E-state index is 11.1. The second-order valence-corrected chi connectivity index (χ2v) is 7.76. The van der Waals surface area contributed by atoms with Crippen LogP contribution >= 0.6 is 0 Å². The summed E-state index contributed by atoms with van der Waals surface area (Å²) in [6, 6.07) is 36.2. The van der Waals surface area contributed by atoms with Gasteiger partial charge in [0.05, 0.1) is 5.57 Å². The van der Waals surface area contributed by atoms with Crippen molar-refractivity contribution in [3.63, 3.8) is 0 Å². The van der Waals surface area contributed by atoms with Crippen molar-refractivity contribution in [1.82, 2.24) is 0 Å². The van der Waals surface area contributed by atoms with Crippen molar-refractivity contribution in [2.75, 3.05) is 4.90 Å². The standard InChI is InChI=1S/C31H25NO2/c1-24(31(33)34)28-18-14-26(15-19-28)12-13-27-16-20-30(21-17-27)32(29-10-6-3-7-11-29)23-22-25-8-4-2-5-9-25/h2-23H,1H2,(H,33,34)/b13-12?,23-22+. The van der Waals surface area contributed by atoms with Crippen LogP contribution < -0.4 is 4.90 Å². The van der Waals surface area contributed by atoms with Crippen molar-refractivity contribution >= 4 is 41.1 Å². The van der Waals surface area contributed by atoms with Gasteiger partial charge in [0.2, 0.25) is 0 Å². The third kappa shape index (κ3) is 5.78. The number of carboxylic acid groups (broad SMARTS) is 1. The van der Waals surface area contributed by atoms with Crippen molar-refractivity contribution < 1.29 is 9.90 Å². The molecule has 34 heavy (non-hydrogen) atoms. The molecular formula is C31H25NO2. The molecule has 0 aliphatic rings. The Hall–Kier alpha value is -4.63. The molecule has 3 nitrogen and oxygen atoms in total. The first-order valence-corrected chi connectivity index (χ1v) is 11.0. The Labute approximate surface area is 200 Å². The van der Waals surface area contributed by atoms with Crippen LogP contribution in [0.1, 0.15) is 22.3 Å². The van der Waals surface area contributed by atoms with Crippen LogP contribution in [0.5, 0.6) is 0 Å². The first-order valence-electron chi connectivity index (χ1n) is 11.0. The molecule has 0 aliphatic heterocycles. The van der Waals surface area contributed by atoms with Crippen LogP contribution in [0.25, 0.3) is 23.8 Å². The van der Waals surface area contributed by atoms with Gasteiger partial charge in [-0.15, -0.1) is 0 Å². The maximum Gasteiger partial charge on any atom is 0.335 e. The Morgan fingerprint density at radius 3 is 1.65 bits per heavy atom. The molecule has 1 N–H and O–H groups in total. The molecule has 0 aromatic heterocycles.